The van der Waals surface area contributed by atoms with Crippen LogP contribution in [0.5, 0.6) is 0 Å². The molecule has 0 unspecified atom stereocenters. The van der Waals surface area contributed by atoms with Gasteiger partial charge in [0.2, 0.25) is 5.91 Å². The number of hydrogen-bond acceptors (Lipinski definition) is 5. The predicted octanol–water partition coefficient (Wildman–Crippen LogP) is 3.88. The summed E-state index contributed by atoms with van der Waals surface area (Å²) in [6.07, 6.45) is 4.00. The Morgan fingerprint density at radius 1 is 1.21 bits per heavy atom. The van der Waals surface area contributed by atoms with E-state index in [0.717, 1.165) is 39.5 Å². The van der Waals surface area contributed by atoms with Crippen LogP contribution in [0.3, 0.4) is 0 Å². The first-order chi connectivity index (χ1) is 13.5. The smallest absolute Gasteiger partial charge is 0.224 e. The molecule has 0 aliphatic carbocycles. The molecule has 3 aromatic heterocycles. The zero-order valence-electron chi connectivity index (χ0n) is 16.1. The maximum Gasteiger partial charge on any atom is 0.224 e. The van der Waals surface area contributed by atoms with Gasteiger partial charge in [0.15, 0.2) is 17.8 Å². The van der Waals surface area contributed by atoms with Gasteiger partial charge in [0, 0.05) is 35.1 Å². The van der Waals surface area contributed by atoms with Crippen LogP contribution in [-0.2, 0) is 11.2 Å². The zero-order chi connectivity index (χ0) is 19.7. The quantitative estimate of drug-likeness (QED) is 0.572. The van der Waals surface area contributed by atoms with Crippen LogP contribution in [0.4, 0.5) is 5.69 Å². The Kier molecular flexibility index (Phi) is 4.65. The number of oxazole rings is 1. The summed E-state index contributed by atoms with van der Waals surface area (Å²) in [5.41, 5.74) is 6.37. The molecule has 1 amide bonds. The summed E-state index contributed by atoms with van der Waals surface area (Å²) in [6.45, 7) is 5.94. The third kappa shape index (κ3) is 3.51. The lowest BCUT2D eigenvalue weighted by atomic mass is 10.1. The average molecular weight is 375 g/mol. The predicted molar refractivity (Wildman–Crippen MR) is 106 cm³/mol. The Morgan fingerprint density at radius 3 is 2.86 bits per heavy atom. The van der Waals surface area contributed by atoms with Gasteiger partial charge in [-0.15, -0.1) is 0 Å². The highest BCUT2D eigenvalue weighted by atomic mass is 16.3. The fraction of sp³-hybridized carbons (Fsp3) is 0.238. The van der Waals surface area contributed by atoms with Crippen LogP contribution in [-0.4, -0.2) is 25.5 Å². The lowest BCUT2D eigenvalue weighted by Crippen LogP contribution is -2.14. The van der Waals surface area contributed by atoms with Crippen molar-refractivity contribution in [3.8, 4) is 11.3 Å². The van der Waals surface area contributed by atoms with Gasteiger partial charge >= 0.3 is 0 Å². The number of nitrogens with one attached hydrogen (secondary N) is 1. The molecular formula is C21H21N5O2. The molecule has 7 nitrogen and oxygen atoms in total. The molecule has 0 bridgehead atoms. The molecule has 142 valence electrons. The number of carbonyl (C=O) groups is 1. The molecule has 0 saturated heterocycles. The molecule has 1 N–H and O–H groups in total. The van der Waals surface area contributed by atoms with Gasteiger partial charge in [0.1, 0.15) is 0 Å². The second kappa shape index (κ2) is 7.26. The van der Waals surface area contributed by atoms with Crippen molar-refractivity contribution >= 4 is 17.2 Å². The number of carbonyl (C=O) groups excluding carboxylic acids is 1. The highest BCUT2D eigenvalue weighted by Gasteiger charge is 2.13. The fourth-order valence-corrected chi connectivity index (χ4v) is 3.37. The molecule has 0 aliphatic rings. The molecule has 0 radical (unpaired) electrons. The highest BCUT2D eigenvalue weighted by Crippen LogP contribution is 2.22. The van der Waals surface area contributed by atoms with Gasteiger partial charge in [0.05, 0.1) is 11.9 Å². The Labute approximate surface area is 162 Å². The second-order valence-electron chi connectivity index (χ2n) is 6.81. The molecule has 1 aromatic carbocycles. The molecule has 0 fully saturated rings. The molecule has 0 saturated carbocycles. The first-order valence-electron chi connectivity index (χ1n) is 9.12. The molecule has 4 aromatic rings. The van der Waals surface area contributed by atoms with Crippen molar-refractivity contribution in [2.75, 3.05) is 5.32 Å². The first-order valence-corrected chi connectivity index (χ1v) is 9.12. The minimum absolute atomic E-state index is 0.0507. The summed E-state index contributed by atoms with van der Waals surface area (Å²) in [4.78, 5) is 21.0. The van der Waals surface area contributed by atoms with Crippen molar-refractivity contribution in [1.29, 1.82) is 0 Å². The number of aromatic nitrogens is 4. The third-order valence-electron chi connectivity index (χ3n) is 4.75. The van der Waals surface area contributed by atoms with Crippen LogP contribution in [0.2, 0.25) is 0 Å². The van der Waals surface area contributed by atoms with Crippen LogP contribution < -0.4 is 5.32 Å². The maximum atomic E-state index is 12.5. The van der Waals surface area contributed by atoms with Crippen molar-refractivity contribution in [2.24, 2.45) is 0 Å². The Balaban J connectivity index is 1.47. The normalized spacial score (nSPS) is 11.1. The Morgan fingerprint density at radius 2 is 2.07 bits per heavy atom. The van der Waals surface area contributed by atoms with Crippen LogP contribution in [0.1, 0.15) is 29.1 Å². The number of nitrogens with zero attached hydrogens (tertiary/aromatic N) is 4. The third-order valence-corrected chi connectivity index (χ3v) is 4.75. The van der Waals surface area contributed by atoms with Gasteiger partial charge in [-0.1, -0.05) is 12.1 Å². The van der Waals surface area contributed by atoms with E-state index in [1.807, 2.05) is 55.6 Å². The Bertz CT molecular complexity index is 1150. The van der Waals surface area contributed by atoms with E-state index in [4.69, 9.17) is 4.42 Å². The van der Waals surface area contributed by atoms with Crippen molar-refractivity contribution in [3.63, 3.8) is 0 Å². The first kappa shape index (κ1) is 17.9. The molecule has 0 aliphatic heterocycles. The summed E-state index contributed by atoms with van der Waals surface area (Å²) in [5, 5.41) is 7.43. The number of anilines is 1. The average Bonchev–Trinajstić information content (AvgIpc) is 3.31. The minimum atomic E-state index is -0.0507. The largest absolute Gasteiger partial charge is 0.444 e. The van der Waals surface area contributed by atoms with Gasteiger partial charge in [-0.3, -0.25) is 4.79 Å². The lowest BCUT2D eigenvalue weighted by Gasteiger charge is -2.11. The topological polar surface area (TPSA) is 85.3 Å². The zero-order valence-corrected chi connectivity index (χ0v) is 16.1. The summed E-state index contributed by atoms with van der Waals surface area (Å²) >= 11 is 0. The Hall–Kier alpha value is -3.48. The number of benzene rings is 1. The fourth-order valence-electron chi connectivity index (χ4n) is 3.37. The van der Waals surface area contributed by atoms with Gasteiger partial charge in [-0.25, -0.2) is 14.5 Å². The molecular weight excluding hydrogens is 354 g/mol. The molecule has 28 heavy (non-hydrogen) atoms. The number of rotatable bonds is 5. The van der Waals surface area contributed by atoms with E-state index in [9.17, 15) is 4.79 Å². The monoisotopic (exact) mass is 375 g/mol. The van der Waals surface area contributed by atoms with Gasteiger partial charge < -0.3 is 9.73 Å². The highest BCUT2D eigenvalue weighted by molar-refractivity contribution is 5.91. The minimum Gasteiger partial charge on any atom is -0.444 e. The lowest BCUT2D eigenvalue weighted by molar-refractivity contribution is -0.116. The van der Waals surface area contributed by atoms with E-state index in [-0.39, 0.29) is 5.91 Å². The van der Waals surface area contributed by atoms with E-state index >= 15 is 0 Å². The molecule has 0 spiro atoms. The number of aryl methyl sites for hydroxylation is 3. The van der Waals surface area contributed by atoms with E-state index in [1.54, 1.807) is 6.20 Å². The molecule has 4 rings (SSSR count). The molecule has 7 heteroatoms. The summed E-state index contributed by atoms with van der Waals surface area (Å²) < 4.78 is 7.15. The van der Waals surface area contributed by atoms with Crippen LogP contribution >= 0.6 is 0 Å². The van der Waals surface area contributed by atoms with Gasteiger partial charge in [-0.05, 0) is 44.9 Å². The van der Waals surface area contributed by atoms with Crippen molar-refractivity contribution in [1.82, 2.24) is 19.6 Å². The maximum absolute atomic E-state index is 12.5. The summed E-state index contributed by atoms with van der Waals surface area (Å²) in [6, 6.07) is 9.47. The standard InChI is InChI=1S/C21H21N5O2/c1-13-9-20-23-14(2)18(15(3)26(20)25-13)7-8-21(27)24-17-6-4-5-16(10-17)19-11-22-12-28-19/h4-6,9-12H,7-8H2,1-3H3,(H,24,27). The van der Waals surface area contributed by atoms with Crippen LogP contribution in [0.25, 0.3) is 17.0 Å². The molecule has 0 atom stereocenters. The van der Waals surface area contributed by atoms with Crippen molar-refractivity contribution < 1.29 is 9.21 Å². The van der Waals surface area contributed by atoms with E-state index in [1.165, 1.54) is 6.39 Å². The SMILES string of the molecule is Cc1cc2nc(C)c(CCC(=O)Nc3cccc(-c4cnco4)c3)c(C)n2n1. The number of hydrogen-bond donors (Lipinski definition) is 1. The van der Waals surface area contributed by atoms with E-state index < -0.39 is 0 Å². The van der Waals surface area contributed by atoms with Crippen LogP contribution in [0, 0.1) is 20.8 Å². The van der Waals surface area contributed by atoms with E-state index in [2.05, 4.69) is 20.4 Å². The van der Waals surface area contributed by atoms with Crippen molar-refractivity contribution in [3.05, 3.63) is 65.6 Å². The summed E-state index contributed by atoms with van der Waals surface area (Å²) in [7, 11) is 0. The van der Waals surface area contributed by atoms with Gasteiger partial charge in [-0.2, -0.15) is 5.10 Å². The van der Waals surface area contributed by atoms with Gasteiger partial charge in [0.25, 0.3) is 0 Å². The molecule has 3 heterocycles. The number of fused-ring (bicyclic) bond motifs is 1. The second-order valence-corrected chi connectivity index (χ2v) is 6.81. The van der Waals surface area contributed by atoms with Crippen molar-refractivity contribution in [2.45, 2.75) is 33.6 Å². The summed E-state index contributed by atoms with van der Waals surface area (Å²) in [5.74, 6) is 0.613. The number of amides is 1. The van der Waals surface area contributed by atoms with E-state index in [0.29, 0.717) is 18.6 Å². The van der Waals surface area contributed by atoms with Crippen LogP contribution in [0.15, 0.2) is 47.3 Å².